The lowest BCUT2D eigenvalue weighted by atomic mass is 9.96. The van der Waals surface area contributed by atoms with Crippen molar-refractivity contribution in [2.24, 2.45) is 0 Å². The fourth-order valence-corrected chi connectivity index (χ4v) is 2.19. The van der Waals surface area contributed by atoms with E-state index in [1.165, 1.54) is 5.56 Å². The molecule has 0 aliphatic rings. The molecule has 1 nitrogen and oxygen atoms in total. The van der Waals surface area contributed by atoms with Crippen LogP contribution < -0.4 is 0 Å². The maximum Gasteiger partial charge on any atom is 0.104 e. The standard InChI is InChI=1S/C15H15ClO/c1-10-6-7-14(11(2)8-10)15(17)12-4-3-5-13(16)9-12/h3-9,15,17H,1-2H3/t15-/m0/s1. The quantitative estimate of drug-likeness (QED) is 0.848. The third-order valence-corrected chi connectivity index (χ3v) is 3.12. The molecule has 0 amide bonds. The Morgan fingerprint density at radius 3 is 2.47 bits per heavy atom. The van der Waals surface area contributed by atoms with E-state index in [-0.39, 0.29) is 0 Å². The smallest absolute Gasteiger partial charge is 0.104 e. The topological polar surface area (TPSA) is 20.2 Å². The van der Waals surface area contributed by atoms with Gasteiger partial charge < -0.3 is 5.11 Å². The maximum atomic E-state index is 10.3. The molecule has 0 fully saturated rings. The molecule has 17 heavy (non-hydrogen) atoms. The van der Waals surface area contributed by atoms with Gasteiger partial charge in [-0.25, -0.2) is 0 Å². The zero-order valence-electron chi connectivity index (χ0n) is 9.94. The monoisotopic (exact) mass is 246 g/mol. The Morgan fingerprint density at radius 2 is 1.82 bits per heavy atom. The van der Waals surface area contributed by atoms with Crippen LogP contribution >= 0.6 is 11.6 Å². The number of hydrogen-bond donors (Lipinski definition) is 1. The number of halogens is 1. The SMILES string of the molecule is Cc1ccc([C@@H](O)c2cccc(Cl)c2)c(C)c1. The third kappa shape index (κ3) is 2.68. The van der Waals surface area contributed by atoms with Gasteiger partial charge in [-0.2, -0.15) is 0 Å². The van der Waals surface area contributed by atoms with E-state index in [2.05, 4.69) is 6.07 Å². The van der Waals surface area contributed by atoms with Crippen LogP contribution in [0.15, 0.2) is 42.5 Å². The lowest BCUT2D eigenvalue weighted by Crippen LogP contribution is -2.02. The van der Waals surface area contributed by atoms with Crippen LogP contribution in [0, 0.1) is 13.8 Å². The zero-order valence-corrected chi connectivity index (χ0v) is 10.7. The van der Waals surface area contributed by atoms with Crippen LogP contribution in [0.1, 0.15) is 28.4 Å². The second kappa shape index (κ2) is 4.91. The number of rotatable bonds is 2. The Balaban J connectivity index is 2.40. The number of aliphatic hydroxyl groups excluding tert-OH is 1. The summed E-state index contributed by atoms with van der Waals surface area (Å²) < 4.78 is 0. The summed E-state index contributed by atoms with van der Waals surface area (Å²) in [5.74, 6) is 0. The summed E-state index contributed by atoms with van der Waals surface area (Å²) in [5, 5.41) is 11.0. The second-order valence-electron chi connectivity index (χ2n) is 4.32. The van der Waals surface area contributed by atoms with Gasteiger partial charge in [0.2, 0.25) is 0 Å². The average Bonchev–Trinajstić information content (AvgIpc) is 2.28. The van der Waals surface area contributed by atoms with E-state index in [1.54, 1.807) is 12.1 Å². The molecule has 1 atom stereocenters. The Kier molecular flexibility index (Phi) is 3.51. The summed E-state index contributed by atoms with van der Waals surface area (Å²) in [7, 11) is 0. The summed E-state index contributed by atoms with van der Waals surface area (Å²) >= 11 is 5.93. The third-order valence-electron chi connectivity index (χ3n) is 2.88. The Labute approximate surface area is 107 Å². The largest absolute Gasteiger partial charge is 0.384 e. The molecule has 88 valence electrons. The first-order chi connectivity index (χ1) is 8.08. The zero-order chi connectivity index (χ0) is 12.4. The van der Waals surface area contributed by atoms with E-state index in [9.17, 15) is 5.11 Å². The van der Waals surface area contributed by atoms with E-state index < -0.39 is 6.10 Å². The van der Waals surface area contributed by atoms with Gasteiger partial charge in [-0.3, -0.25) is 0 Å². The van der Waals surface area contributed by atoms with Gasteiger partial charge in [0, 0.05) is 5.02 Å². The van der Waals surface area contributed by atoms with Gasteiger partial charge in [-0.1, -0.05) is 47.5 Å². The van der Waals surface area contributed by atoms with E-state index in [0.717, 1.165) is 16.7 Å². The molecule has 2 heteroatoms. The molecule has 0 aliphatic carbocycles. The lowest BCUT2D eigenvalue weighted by Gasteiger charge is -2.15. The number of benzene rings is 2. The summed E-state index contributed by atoms with van der Waals surface area (Å²) in [6, 6.07) is 13.4. The first-order valence-electron chi connectivity index (χ1n) is 5.58. The summed E-state index contributed by atoms with van der Waals surface area (Å²) in [6.45, 7) is 4.05. The molecule has 0 radical (unpaired) electrons. The molecular formula is C15H15ClO. The molecule has 0 heterocycles. The minimum Gasteiger partial charge on any atom is -0.384 e. The van der Waals surface area contributed by atoms with Crippen LogP contribution in [0.5, 0.6) is 0 Å². The van der Waals surface area contributed by atoms with Crippen molar-refractivity contribution in [3.8, 4) is 0 Å². The first kappa shape index (κ1) is 12.2. The average molecular weight is 247 g/mol. The fraction of sp³-hybridized carbons (Fsp3) is 0.200. The summed E-state index contributed by atoms with van der Waals surface area (Å²) in [5.41, 5.74) is 4.05. The number of aliphatic hydroxyl groups is 1. The predicted octanol–water partition coefficient (Wildman–Crippen LogP) is 4.04. The molecule has 0 aromatic heterocycles. The molecule has 0 saturated heterocycles. The van der Waals surface area contributed by atoms with Crippen LogP contribution in [-0.2, 0) is 0 Å². The van der Waals surface area contributed by atoms with Crippen molar-refractivity contribution in [1.82, 2.24) is 0 Å². The molecule has 2 aromatic carbocycles. The van der Waals surface area contributed by atoms with Crippen molar-refractivity contribution in [1.29, 1.82) is 0 Å². The minimum atomic E-state index is -0.616. The minimum absolute atomic E-state index is 0.616. The van der Waals surface area contributed by atoms with Gasteiger partial charge in [0.1, 0.15) is 6.10 Å². The molecule has 0 unspecified atom stereocenters. The van der Waals surface area contributed by atoms with Crippen molar-refractivity contribution in [2.75, 3.05) is 0 Å². The fourth-order valence-electron chi connectivity index (χ4n) is 1.99. The van der Waals surface area contributed by atoms with Crippen LogP contribution in [0.2, 0.25) is 5.02 Å². The number of aryl methyl sites for hydroxylation is 2. The van der Waals surface area contributed by atoms with Crippen molar-refractivity contribution < 1.29 is 5.11 Å². The highest BCUT2D eigenvalue weighted by atomic mass is 35.5. The molecular weight excluding hydrogens is 232 g/mol. The van der Waals surface area contributed by atoms with Gasteiger partial charge in [-0.15, -0.1) is 0 Å². The second-order valence-corrected chi connectivity index (χ2v) is 4.75. The molecule has 2 aromatic rings. The van der Waals surface area contributed by atoms with Crippen LogP contribution in [0.4, 0.5) is 0 Å². The Morgan fingerprint density at radius 1 is 1.06 bits per heavy atom. The number of hydrogen-bond acceptors (Lipinski definition) is 1. The first-order valence-corrected chi connectivity index (χ1v) is 5.96. The van der Waals surface area contributed by atoms with Crippen LogP contribution in [0.3, 0.4) is 0 Å². The van der Waals surface area contributed by atoms with Crippen molar-refractivity contribution >= 4 is 11.6 Å². The van der Waals surface area contributed by atoms with Crippen LogP contribution in [0.25, 0.3) is 0 Å². The van der Waals surface area contributed by atoms with E-state index in [1.807, 2.05) is 38.1 Å². The molecule has 0 spiro atoms. The van der Waals surface area contributed by atoms with Gasteiger partial charge >= 0.3 is 0 Å². The highest BCUT2D eigenvalue weighted by molar-refractivity contribution is 6.30. The Hall–Kier alpha value is -1.31. The van der Waals surface area contributed by atoms with Crippen molar-refractivity contribution in [3.63, 3.8) is 0 Å². The van der Waals surface area contributed by atoms with E-state index in [4.69, 9.17) is 11.6 Å². The summed E-state index contributed by atoms with van der Waals surface area (Å²) in [6.07, 6.45) is -0.616. The van der Waals surface area contributed by atoms with Gasteiger partial charge in [0.25, 0.3) is 0 Å². The van der Waals surface area contributed by atoms with Crippen molar-refractivity contribution in [3.05, 3.63) is 69.7 Å². The van der Waals surface area contributed by atoms with Gasteiger partial charge in [0.15, 0.2) is 0 Å². The lowest BCUT2D eigenvalue weighted by molar-refractivity contribution is 0.219. The van der Waals surface area contributed by atoms with Crippen LogP contribution in [-0.4, -0.2) is 5.11 Å². The highest BCUT2D eigenvalue weighted by Gasteiger charge is 2.12. The maximum absolute atomic E-state index is 10.3. The summed E-state index contributed by atoms with van der Waals surface area (Å²) in [4.78, 5) is 0. The van der Waals surface area contributed by atoms with Crippen molar-refractivity contribution in [2.45, 2.75) is 20.0 Å². The highest BCUT2D eigenvalue weighted by Crippen LogP contribution is 2.26. The molecule has 0 bridgehead atoms. The predicted molar refractivity (Wildman–Crippen MR) is 71.4 cm³/mol. The molecule has 0 saturated carbocycles. The molecule has 2 rings (SSSR count). The van der Waals surface area contributed by atoms with Gasteiger partial charge in [-0.05, 0) is 42.7 Å². The van der Waals surface area contributed by atoms with Gasteiger partial charge in [0.05, 0.1) is 0 Å². The molecule has 1 N–H and O–H groups in total. The van der Waals surface area contributed by atoms with E-state index in [0.29, 0.717) is 5.02 Å². The van der Waals surface area contributed by atoms with E-state index >= 15 is 0 Å². The normalized spacial score (nSPS) is 12.5. The molecule has 0 aliphatic heterocycles. The Bertz CT molecular complexity index is 534.